The molecule has 0 aromatic heterocycles. The van der Waals surface area contributed by atoms with E-state index in [1.165, 1.54) is 6.08 Å². The van der Waals surface area contributed by atoms with E-state index < -0.39 is 6.67 Å². The molecule has 0 saturated carbocycles. The van der Waals surface area contributed by atoms with Crippen molar-refractivity contribution >= 4 is 17.4 Å². The van der Waals surface area contributed by atoms with Gasteiger partial charge >= 0.3 is 0 Å². The van der Waals surface area contributed by atoms with E-state index in [0.717, 1.165) is 11.1 Å². The van der Waals surface area contributed by atoms with Gasteiger partial charge in [-0.2, -0.15) is 0 Å². The molecule has 0 amide bonds. The van der Waals surface area contributed by atoms with Crippen LogP contribution in [0.2, 0.25) is 0 Å². The summed E-state index contributed by atoms with van der Waals surface area (Å²) in [6, 6.07) is 0.133. The fourth-order valence-electron chi connectivity index (χ4n) is 1.21. The van der Waals surface area contributed by atoms with Gasteiger partial charge < -0.3 is 10.4 Å². The van der Waals surface area contributed by atoms with Crippen LogP contribution in [0.15, 0.2) is 28.4 Å². The third-order valence-corrected chi connectivity index (χ3v) is 2.00. The molecule has 0 aliphatic carbocycles. The van der Waals surface area contributed by atoms with Gasteiger partial charge in [0.05, 0.1) is 6.61 Å². The van der Waals surface area contributed by atoms with Gasteiger partial charge in [-0.15, -0.1) is 11.6 Å². The van der Waals surface area contributed by atoms with Crippen LogP contribution in [0.4, 0.5) is 4.39 Å². The van der Waals surface area contributed by atoms with Crippen molar-refractivity contribution in [3.63, 3.8) is 0 Å². The molecule has 0 aromatic carbocycles. The minimum atomic E-state index is -0.545. The normalized spacial score (nSPS) is 22.4. The Bertz CT molecular complexity index is 287. The average molecular weight is 219 g/mol. The number of alkyl halides is 2. The molecule has 0 spiro atoms. The molecule has 14 heavy (non-hydrogen) atoms. The lowest BCUT2D eigenvalue weighted by Gasteiger charge is -2.18. The molecular formula is C9H12ClFN2O. The van der Waals surface area contributed by atoms with E-state index in [2.05, 4.69) is 10.3 Å². The number of allylic oxidation sites excluding steroid dienone is 1. The van der Waals surface area contributed by atoms with Crippen LogP contribution in [0, 0.1) is 0 Å². The molecule has 1 aliphatic rings. The van der Waals surface area contributed by atoms with E-state index in [1.54, 1.807) is 6.20 Å². The molecule has 2 N–H and O–H groups in total. The fourth-order valence-corrected chi connectivity index (χ4v) is 1.33. The number of hydrogen-bond donors (Lipinski definition) is 2. The number of aliphatic hydroxyl groups is 1. The van der Waals surface area contributed by atoms with Crippen molar-refractivity contribution in [3.05, 3.63) is 23.4 Å². The molecule has 0 fully saturated rings. The first-order valence-corrected chi connectivity index (χ1v) is 4.76. The SMILES string of the molecule is OCC1=CNC(=N/CCl)/C(=C\CF)C1. The second-order valence-electron chi connectivity index (χ2n) is 2.79. The van der Waals surface area contributed by atoms with Crippen LogP contribution in [-0.2, 0) is 0 Å². The summed E-state index contributed by atoms with van der Waals surface area (Å²) in [5.74, 6) is 0.579. The molecule has 78 valence electrons. The van der Waals surface area contributed by atoms with Crippen LogP contribution >= 0.6 is 11.6 Å². The molecule has 0 unspecified atom stereocenters. The lowest BCUT2D eigenvalue weighted by Crippen LogP contribution is -2.26. The maximum atomic E-state index is 12.1. The summed E-state index contributed by atoms with van der Waals surface area (Å²) in [7, 11) is 0. The molecule has 1 aliphatic heterocycles. The monoisotopic (exact) mass is 218 g/mol. The Balaban J connectivity index is 2.84. The second-order valence-corrected chi connectivity index (χ2v) is 3.03. The summed E-state index contributed by atoms with van der Waals surface area (Å²) in [6.07, 6.45) is 3.62. The lowest BCUT2D eigenvalue weighted by molar-refractivity contribution is 0.327. The van der Waals surface area contributed by atoms with Crippen LogP contribution in [-0.4, -0.2) is 30.2 Å². The fraction of sp³-hybridized carbons (Fsp3) is 0.444. The minimum absolute atomic E-state index is 0.0369. The Hall–Kier alpha value is -0.870. The van der Waals surface area contributed by atoms with Gasteiger partial charge in [0.1, 0.15) is 18.5 Å². The summed E-state index contributed by atoms with van der Waals surface area (Å²) in [4.78, 5) is 3.96. The van der Waals surface area contributed by atoms with Crippen molar-refractivity contribution < 1.29 is 9.50 Å². The smallest absolute Gasteiger partial charge is 0.129 e. The highest BCUT2D eigenvalue weighted by Gasteiger charge is 2.13. The maximum absolute atomic E-state index is 12.1. The minimum Gasteiger partial charge on any atom is -0.392 e. The molecule has 5 heteroatoms. The third-order valence-electron chi connectivity index (χ3n) is 1.88. The topological polar surface area (TPSA) is 44.6 Å². The van der Waals surface area contributed by atoms with E-state index in [0.29, 0.717) is 12.3 Å². The van der Waals surface area contributed by atoms with E-state index in [9.17, 15) is 4.39 Å². The molecule has 1 rings (SSSR count). The summed E-state index contributed by atoms with van der Waals surface area (Å²) >= 11 is 5.45. The Morgan fingerprint density at radius 3 is 3.07 bits per heavy atom. The first-order chi connectivity index (χ1) is 6.81. The van der Waals surface area contributed by atoms with E-state index in [-0.39, 0.29) is 12.6 Å². The zero-order valence-electron chi connectivity index (χ0n) is 7.63. The van der Waals surface area contributed by atoms with Gasteiger partial charge in [0.25, 0.3) is 0 Å². The van der Waals surface area contributed by atoms with Gasteiger partial charge in [-0.05, 0) is 17.2 Å². The molecule has 0 radical (unpaired) electrons. The lowest BCUT2D eigenvalue weighted by atomic mass is 10.0. The molecule has 0 saturated heterocycles. The van der Waals surface area contributed by atoms with Crippen molar-refractivity contribution in [1.82, 2.24) is 5.32 Å². The van der Waals surface area contributed by atoms with Crippen LogP contribution in [0.3, 0.4) is 0 Å². The van der Waals surface area contributed by atoms with E-state index >= 15 is 0 Å². The zero-order valence-corrected chi connectivity index (χ0v) is 8.39. The predicted octanol–water partition coefficient (Wildman–Crippen LogP) is 1.35. The van der Waals surface area contributed by atoms with E-state index in [4.69, 9.17) is 16.7 Å². The average Bonchev–Trinajstić information content (AvgIpc) is 2.21. The van der Waals surface area contributed by atoms with Gasteiger partial charge in [0.15, 0.2) is 0 Å². The van der Waals surface area contributed by atoms with Gasteiger partial charge in [-0.25, -0.2) is 4.39 Å². The number of nitrogens with zero attached hydrogens (tertiary/aromatic N) is 1. The largest absolute Gasteiger partial charge is 0.392 e. The zero-order chi connectivity index (χ0) is 10.4. The summed E-state index contributed by atoms with van der Waals surface area (Å²) in [5.41, 5.74) is 1.54. The number of halogens is 2. The Morgan fingerprint density at radius 1 is 1.71 bits per heavy atom. The Labute approximate surface area is 87.0 Å². The first-order valence-electron chi connectivity index (χ1n) is 4.23. The third kappa shape index (κ3) is 2.82. The van der Waals surface area contributed by atoms with Crippen molar-refractivity contribution in [1.29, 1.82) is 0 Å². The highest BCUT2D eigenvalue weighted by atomic mass is 35.5. The molecule has 0 aromatic rings. The standard InChI is InChI=1S/C9H12ClFN2O/c10-6-13-9-8(1-2-11)3-7(5-14)4-12-9/h1,4,14H,2-3,5-6H2,(H,12,13)/b8-1-. The van der Waals surface area contributed by atoms with Crippen LogP contribution in [0.25, 0.3) is 0 Å². The number of aliphatic imine (C=N–C) groups is 1. The summed E-state index contributed by atoms with van der Waals surface area (Å²) in [5, 5.41) is 11.8. The van der Waals surface area contributed by atoms with Crippen molar-refractivity contribution in [2.24, 2.45) is 4.99 Å². The van der Waals surface area contributed by atoms with Crippen LogP contribution in [0.5, 0.6) is 0 Å². The molecule has 0 bridgehead atoms. The van der Waals surface area contributed by atoms with Gasteiger partial charge in [-0.1, -0.05) is 0 Å². The van der Waals surface area contributed by atoms with E-state index in [1.807, 2.05) is 0 Å². The van der Waals surface area contributed by atoms with Gasteiger partial charge in [-0.3, -0.25) is 4.99 Å². The number of aliphatic hydroxyl groups excluding tert-OH is 1. The molecular weight excluding hydrogens is 207 g/mol. The van der Waals surface area contributed by atoms with Gasteiger partial charge in [0, 0.05) is 12.6 Å². The number of nitrogens with one attached hydrogen (secondary N) is 1. The van der Waals surface area contributed by atoms with Crippen molar-refractivity contribution in [2.45, 2.75) is 6.42 Å². The van der Waals surface area contributed by atoms with Crippen LogP contribution < -0.4 is 5.32 Å². The Kier molecular flexibility index (Phi) is 4.62. The highest BCUT2D eigenvalue weighted by Crippen LogP contribution is 2.15. The van der Waals surface area contributed by atoms with Gasteiger partial charge in [0.2, 0.25) is 0 Å². The van der Waals surface area contributed by atoms with Crippen molar-refractivity contribution in [2.75, 3.05) is 19.3 Å². The first kappa shape index (κ1) is 11.2. The highest BCUT2D eigenvalue weighted by molar-refractivity contribution is 6.18. The maximum Gasteiger partial charge on any atom is 0.129 e. The van der Waals surface area contributed by atoms with Crippen LogP contribution in [0.1, 0.15) is 6.42 Å². The quantitative estimate of drug-likeness (QED) is 0.555. The summed E-state index contributed by atoms with van der Waals surface area (Å²) < 4.78 is 12.1. The number of rotatable bonds is 3. The molecule has 3 nitrogen and oxygen atoms in total. The predicted molar refractivity (Wildman–Crippen MR) is 55.1 cm³/mol. The molecule has 1 heterocycles. The summed E-state index contributed by atoms with van der Waals surface area (Å²) in [6.45, 7) is -0.582. The second kappa shape index (κ2) is 5.78. The van der Waals surface area contributed by atoms with Crippen molar-refractivity contribution in [3.8, 4) is 0 Å². The Morgan fingerprint density at radius 2 is 2.50 bits per heavy atom. The number of amidine groups is 1. The molecule has 0 atom stereocenters. The number of hydrogen-bond acceptors (Lipinski definition) is 2.